The van der Waals surface area contributed by atoms with E-state index in [4.69, 9.17) is 0 Å². The minimum atomic E-state index is -0.0958. The Hall–Kier alpha value is -0.740. The van der Waals surface area contributed by atoms with Crippen molar-refractivity contribution in [3.63, 3.8) is 0 Å². The van der Waals surface area contributed by atoms with Crippen LogP contribution in [-0.2, 0) is 6.54 Å². The number of rotatable bonds is 5. The van der Waals surface area contributed by atoms with Gasteiger partial charge in [0.25, 0.3) is 0 Å². The predicted molar refractivity (Wildman–Crippen MR) is 91.7 cm³/mol. The van der Waals surface area contributed by atoms with E-state index in [1.165, 1.54) is 0 Å². The fourth-order valence-electron chi connectivity index (χ4n) is 2.76. The Morgan fingerprint density at radius 3 is 2.81 bits per heavy atom. The van der Waals surface area contributed by atoms with Crippen LogP contribution in [0.4, 0.5) is 10.1 Å². The average molecular weight is 310 g/mol. The summed E-state index contributed by atoms with van der Waals surface area (Å²) in [6.45, 7) is 12.4. The summed E-state index contributed by atoms with van der Waals surface area (Å²) < 4.78 is 14.6. The van der Waals surface area contributed by atoms with Crippen LogP contribution in [-0.4, -0.2) is 30.1 Å². The van der Waals surface area contributed by atoms with Crippen LogP contribution in [0.2, 0.25) is 0 Å². The van der Waals surface area contributed by atoms with E-state index >= 15 is 0 Å². The van der Waals surface area contributed by atoms with Crippen LogP contribution in [0.1, 0.15) is 33.3 Å². The van der Waals surface area contributed by atoms with Crippen LogP contribution < -0.4 is 10.2 Å². The number of thioether (sulfide) groups is 1. The van der Waals surface area contributed by atoms with Gasteiger partial charge in [-0.1, -0.05) is 26.0 Å². The molecule has 118 valence electrons. The highest BCUT2D eigenvalue weighted by Gasteiger charge is 2.29. The van der Waals surface area contributed by atoms with Gasteiger partial charge in [-0.15, -0.1) is 0 Å². The molecular formula is C17H27FN2S. The Balaban J connectivity index is 2.17. The van der Waals surface area contributed by atoms with Gasteiger partial charge in [0, 0.05) is 30.1 Å². The summed E-state index contributed by atoms with van der Waals surface area (Å²) in [4.78, 5) is 2.22. The van der Waals surface area contributed by atoms with Crippen molar-refractivity contribution in [1.82, 2.24) is 5.32 Å². The minimum Gasteiger partial charge on any atom is -0.367 e. The van der Waals surface area contributed by atoms with E-state index < -0.39 is 0 Å². The summed E-state index contributed by atoms with van der Waals surface area (Å²) in [6.07, 6.45) is 0. The molecule has 1 aromatic carbocycles. The molecule has 2 nitrogen and oxygen atoms in total. The lowest BCUT2D eigenvalue weighted by molar-refractivity contribution is 0.547. The quantitative estimate of drug-likeness (QED) is 0.888. The van der Waals surface area contributed by atoms with Crippen LogP contribution in [0.25, 0.3) is 0 Å². The maximum absolute atomic E-state index is 14.4. The number of halogens is 1. The van der Waals surface area contributed by atoms with Gasteiger partial charge in [-0.05, 0) is 37.9 Å². The molecule has 0 saturated carbocycles. The lowest BCUT2D eigenvalue weighted by Gasteiger charge is -2.39. The molecule has 1 aliphatic heterocycles. The summed E-state index contributed by atoms with van der Waals surface area (Å²) >= 11 is 1.97. The molecule has 1 fully saturated rings. The van der Waals surface area contributed by atoms with Gasteiger partial charge in [0.15, 0.2) is 0 Å². The van der Waals surface area contributed by atoms with Gasteiger partial charge in [-0.2, -0.15) is 11.8 Å². The first-order chi connectivity index (χ1) is 9.89. The Bertz CT molecular complexity index is 474. The monoisotopic (exact) mass is 310 g/mol. The summed E-state index contributed by atoms with van der Waals surface area (Å²) in [6, 6.07) is 5.44. The van der Waals surface area contributed by atoms with Crippen molar-refractivity contribution in [2.75, 3.05) is 30.3 Å². The second kappa shape index (κ2) is 7.01. The molecule has 21 heavy (non-hydrogen) atoms. The third kappa shape index (κ3) is 4.62. The predicted octanol–water partition coefficient (Wildman–Crippen LogP) is 3.90. The fourth-order valence-corrected chi connectivity index (χ4v) is 3.87. The molecule has 1 aromatic rings. The lowest BCUT2D eigenvalue weighted by Crippen LogP contribution is -2.44. The van der Waals surface area contributed by atoms with E-state index in [-0.39, 0.29) is 10.6 Å². The molecule has 1 N–H and O–H groups in total. The smallest absolute Gasteiger partial charge is 0.146 e. The second-order valence-electron chi connectivity index (χ2n) is 6.80. The number of nitrogens with one attached hydrogen (secondary N) is 1. The second-order valence-corrected chi connectivity index (χ2v) is 8.60. The fraction of sp³-hybridized carbons (Fsp3) is 0.647. The van der Waals surface area contributed by atoms with Gasteiger partial charge < -0.3 is 10.2 Å². The van der Waals surface area contributed by atoms with E-state index in [0.29, 0.717) is 5.92 Å². The third-order valence-electron chi connectivity index (χ3n) is 3.68. The molecule has 0 atom stereocenters. The standard InChI is InChI=1S/C17H27FN2S/c1-13(2)10-19-11-14-6-5-7-15(18)16(14)20-8-9-21-17(3,4)12-20/h5-7,13,19H,8-12H2,1-4H3. The summed E-state index contributed by atoms with van der Waals surface area (Å²) in [5, 5.41) is 3.43. The highest BCUT2D eigenvalue weighted by Crippen LogP contribution is 2.34. The topological polar surface area (TPSA) is 15.3 Å². The van der Waals surface area contributed by atoms with Crippen LogP contribution >= 0.6 is 11.8 Å². The maximum atomic E-state index is 14.4. The highest BCUT2D eigenvalue weighted by molar-refractivity contribution is 8.00. The average Bonchev–Trinajstić information content (AvgIpc) is 2.37. The third-order valence-corrected chi connectivity index (χ3v) is 4.98. The molecule has 0 amide bonds. The Morgan fingerprint density at radius 2 is 2.14 bits per heavy atom. The van der Waals surface area contributed by atoms with E-state index in [1.807, 2.05) is 23.9 Å². The molecule has 0 unspecified atom stereocenters. The molecule has 1 aliphatic rings. The molecule has 1 saturated heterocycles. The Morgan fingerprint density at radius 1 is 1.38 bits per heavy atom. The maximum Gasteiger partial charge on any atom is 0.146 e. The van der Waals surface area contributed by atoms with Crippen molar-refractivity contribution in [2.24, 2.45) is 5.92 Å². The van der Waals surface area contributed by atoms with Gasteiger partial charge in [0.05, 0.1) is 5.69 Å². The van der Waals surface area contributed by atoms with Crippen molar-refractivity contribution >= 4 is 17.4 Å². The number of nitrogens with zero attached hydrogens (tertiary/aromatic N) is 1. The molecule has 2 rings (SSSR count). The first-order valence-corrected chi connectivity index (χ1v) is 8.74. The number of hydrogen-bond donors (Lipinski definition) is 1. The summed E-state index contributed by atoms with van der Waals surface area (Å²) in [7, 11) is 0. The molecule has 4 heteroatoms. The lowest BCUT2D eigenvalue weighted by atomic mass is 10.1. The molecule has 0 spiro atoms. The Labute approximate surface area is 132 Å². The van der Waals surface area contributed by atoms with Crippen LogP contribution in [0, 0.1) is 11.7 Å². The zero-order valence-corrected chi connectivity index (χ0v) is 14.4. The van der Waals surface area contributed by atoms with E-state index in [0.717, 1.165) is 43.2 Å². The number of benzene rings is 1. The SMILES string of the molecule is CC(C)CNCc1cccc(F)c1N1CCSC(C)(C)C1. The van der Waals surface area contributed by atoms with Crippen molar-refractivity contribution in [2.45, 2.75) is 39.0 Å². The first kappa shape index (κ1) is 16.6. The zero-order valence-electron chi connectivity index (χ0n) is 13.6. The Kier molecular flexibility index (Phi) is 5.55. The van der Waals surface area contributed by atoms with Crippen LogP contribution in [0.3, 0.4) is 0 Å². The van der Waals surface area contributed by atoms with Crippen LogP contribution in [0.15, 0.2) is 18.2 Å². The minimum absolute atomic E-state index is 0.0958. The summed E-state index contributed by atoms with van der Waals surface area (Å²) in [5.74, 6) is 1.56. The molecular weight excluding hydrogens is 283 g/mol. The highest BCUT2D eigenvalue weighted by atomic mass is 32.2. The van der Waals surface area contributed by atoms with E-state index in [9.17, 15) is 4.39 Å². The van der Waals surface area contributed by atoms with Crippen molar-refractivity contribution in [1.29, 1.82) is 0 Å². The molecule has 0 bridgehead atoms. The molecule has 0 aliphatic carbocycles. The van der Waals surface area contributed by atoms with Gasteiger partial charge >= 0.3 is 0 Å². The van der Waals surface area contributed by atoms with Gasteiger partial charge in [0.1, 0.15) is 5.82 Å². The number of para-hydroxylation sites is 1. The normalized spacial score (nSPS) is 18.3. The number of anilines is 1. The van der Waals surface area contributed by atoms with Gasteiger partial charge in [0.2, 0.25) is 0 Å². The largest absolute Gasteiger partial charge is 0.367 e. The molecule has 1 heterocycles. The van der Waals surface area contributed by atoms with Crippen molar-refractivity contribution in [3.8, 4) is 0 Å². The summed E-state index contributed by atoms with van der Waals surface area (Å²) in [5.41, 5.74) is 1.86. The van der Waals surface area contributed by atoms with Gasteiger partial charge in [-0.3, -0.25) is 0 Å². The zero-order chi connectivity index (χ0) is 15.5. The van der Waals surface area contributed by atoms with E-state index in [2.05, 4.69) is 37.9 Å². The van der Waals surface area contributed by atoms with Crippen molar-refractivity contribution in [3.05, 3.63) is 29.6 Å². The van der Waals surface area contributed by atoms with Gasteiger partial charge in [-0.25, -0.2) is 4.39 Å². The molecule has 0 radical (unpaired) electrons. The van der Waals surface area contributed by atoms with Crippen molar-refractivity contribution < 1.29 is 4.39 Å². The molecule has 0 aromatic heterocycles. The first-order valence-electron chi connectivity index (χ1n) is 7.76. The van der Waals surface area contributed by atoms with E-state index in [1.54, 1.807) is 6.07 Å². The van der Waals surface area contributed by atoms with Crippen LogP contribution in [0.5, 0.6) is 0 Å². The number of hydrogen-bond acceptors (Lipinski definition) is 3.